The van der Waals surface area contributed by atoms with Gasteiger partial charge in [0.25, 0.3) is 10.2 Å². The smallest absolute Gasteiger partial charge is 0.195 e. The molecule has 0 aromatic heterocycles. The Kier molecular flexibility index (Phi) is 6.58. The van der Waals surface area contributed by atoms with Gasteiger partial charge in [-0.05, 0) is 39.0 Å². The van der Waals surface area contributed by atoms with Crippen LogP contribution in [0.25, 0.3) is 0 Å². The molecule has 1 rings (SSSR count). The lowest BCUT2D eigenvalue weighted by atomic mass is 10.0. The first kappa shape index (κ1) is 16.4. The molecule has 0 radical (unpaired) electrons. The highest BCUT2D eigenvalue weighted by molar-refractivity contribution is 9.09. The molecule has 0 saturated carbocycles. The van der Waals surface area contributed by atoms with E-state index in [-0.39, 0.29) is 6.04 Å². The Hall–Kier alpha value is 0.350. The summed E-state index contributed by atoms with van der Waals surface area (Å²) in [5.74, 6) is 0.645. The summed E-state index contributed by atoms with van der Waals surface area (Å²) in [4.78, 5) is 0. The Balaban J connectivity index is 2.75. The van der Waals surface area contributed by atoms with E-state index < -0.39 is 10.2 Å². The fraction of sp³-hybridized carbons (Fsp3) is 1.00. The van der Waals surface area contributed by atoms with Crippen LogP contribution < -0.4 is 0 Å². The molecule has 1 fully saturated rings. The van der Waals surface area contributed by atoms with Crippen molar-refractivity contribution < 1.29 is 8.42 Å². The van der Waals surface area contributed by atoms with Crippen molar-refractivity contribution in [1.82, 2.24) is 8.61 Å². The van der Waals surface area contributed by atoms with Gasteiger partial charge in [-0.1, -0.05) is 22.9 Å². The Morgan fingerprint density at radius 2 is 1.89 bits per heavy atom. The van der Waals surface area contributed by atoms with E-state index in [4.69, 9.17) is 0 Å². The van der Waals surface area contributed by atoms with Crippen molar-refractivity contribution in [3.8, 4) is 0 Å². The number of piperidine rings is 1. The van der Waals surface area contributed by atoms with Gasteiger partial charge in [-0.15, -0.1) is 0 Å². The van der Waals surface area contributed by atoms with Crippen molar-refractivity contribution in [3.63, 3.8) is 0 Å². The molecule has 0 bridgehead atoms. The first-order valence-corrected chi connectivity index (χ1v) is 9.24. The maximum atomic E-state index is 12.6. The molecular formula is C12H25BrN2O2S. The predicted molar refractivity (Wildman–Crippen MR) is 79.1 cm³/mol. The third-order valence-corrected chi connectivity index (χ3v) is 6.23. The summed E-state index contributed by atoms with van der Waals surface area (Å²) in [6.45, 7) is 8.01. The van der Waals surface area contributed by atoms with Crippen LogP contribution in [0.5, 0.6) is 0 Å². The molecule has 0 N–H and O–H groups in total. The summed E-state index contributed by atoms with van der Waals surface area (Å²) < 4.78 is 28.4. The molecule has 4 nitrogen and oxygen atoms in total. The summed E-state index contributed by atoms with van der Waals surface area (Å²) in [6, 6.07) is 0.0217. The van der Waals surface area contributed by atoms with E-state index in [1.165, 1.54) is 0 Å². The molecule has 18 heavy (non-hydrogen) atoms. The molecule has 0 spiro atoms. The van der Waals surface area contributed by atoms with Crippen LogP contribution in [-0.4, -0.2) is 48.0 Å². The zero-order chi connectivity index (χ0) is 13.8. The van der Waals surface area contributed by atoms with Crippen molar-refractivity contribution in [1.29, 1.82) is 0 Å². The summed E-state index contributed by atoms with van der Waals surface area (Å²) in [5, 5.41) is 0.836. The molecule has 0 aromatic carbocycles. The van der Waals surface area contributed by atoms with Crippen LogP contribution >= 0.6 is 15.9 Å². The van der Waals surface area contributed by atoms with E-state index >= 15 is 0 Å². The van der Waals surface area contributed by atoms with Crippen molar-refractivity contribution in [3.05, 3.63) is 0 Å². The summed E-state index contributed by atoms with van der Waals surface area (Å²) in [5.41, 5.74) is 0. The second-order valence-corrected chi connectivity index (χ2v) is 8.01. The molecule has 108 valence electrons. The molecule has 0 aromatic rings. The third-order valence-electron chi connectivity index (χ3n) is 3.45. The van der Waals surface area contributed by atoms with Crippen LogP contribution in [0.1, 0.15) is 40.0 Å². The minimum Gasteiger partial charge on any atom is -0.195 e. The fourth-order valence-corrected chi connectivity index (χ4v) is 4.33. The van der Waals surface area contributed by atoms with Crippen molar-refractivity contribution in [2.24, 2.45) is 5.92 Å². The Morgan fingerprint density at radius 3 is 2.33 bits per heavy atom. The Labute approximate surface area is 120 Å². The lowest BCUT2D eigenvalue weighted by Crippen LogP contribution is -2.49. The fourth-order valence-electron chi connectivity index (χ4n) is 2.22. The van der Waals surface area contributed by atoms with Gasteiger partial charge in [0.05, 0.1) is 0 Å². The van der Waals surface area contributed by atoms with Gasteiger partial charge in [-0.25, -0.2) is 0 Å². The van der Waals surface area contributed by atoms with E-state index in [2.05, 4.69) is 22.9 Å². The number of nitrogens with zero attached hydrogens (tertiary/aromatic N) is 2. The second-order valence-electron chi connectivity index (χ2n) is 5.34. The van der Waals surface area contributed by atoms with Crippen LogP contribution in [0.15, 0.2) is 0 Å². The van der Waals surface area contributed by atoms with E-state index in [1.54, 1.807) is 8.61 Å². The molecule has 0 unspecified atom stereocenters. The van der Waals surface area contributed by atoms with E-state index in [0.717, 1.165) is 24.6 Å². The average molecular weight is 341 g/mol. The second kappa shape index (κ2) is 7.22. The molecule has 0 atom stereocenters. The normalized spacial score (nSPS) is 19.9. The first-order valence-electron chi connectivity index (χ1n) is 6.72. The van der Waals surface area contributed by atoms with Crippen molar-refractivity contribution in [2.75, 3.05) is 25.0 Å². The van der Waals surface area contributed by atoms with Crippen LogP contribution in [0, 0.1) is 5.92 Å². The van der Waals surface area contributed by atoms with Gasteiger partial charge < -0.3 is 0 Å². The van der Waals surface area contributed by atoms with Gasteiger partial charge >= 0.3 is 0 Å². The van der Waals surface area contributed by atoms with Gasteiger partial charge in [0, 0.05) is 31.0 Å². The minimum absolute atomic E-state index is 0.0217. The molecule has 0 aliphatic carbocycles. The number of hydrogen-bond donors (Lipinski definition) is 0. The monoisotopic (exact) mass is 340 g/mol. The molecule has 1 aliphatic heterocycles. The Morgan fingerprint density at radius 1 is 1.33 bits per heavy atom. The quantitative estimate of drug-likeness (QED) is 0.697. The van der Waals surface area contributed by atoms with E-state index in [1.807, 2.05) is 13.8 Å². The third kappa shape index (κ3) is 4.18. The van der Waals surface area contributed by atoms with Crippen molar-refractivity contribution >= 4 is 26.1 Å². The standard InChI is InChI=1S/C12H25BrN2O2S/c1-11(2)15(8-4-7-13)18(16,17)14-9-5-12(3)6-10-14/h11-12H,4-10H2,1-3H3. The highest BCUT2D eigenvalue weighted by Gasteiger charge is 2.33. The maximum absolute atomic E-state index is 12.6. The zero-order valence-corrected chi connectivity index (χ0v) is 14.0. The maximum Gasteiger partial charge on any atom is 0.282 e. The number of hydrogen-bond acceptors (Lipinski definition) is 2. The van der Waals surface area contributed by atoms with Crippen LogP contribution in [0.4, 0.5) is 0 Å². The molecule has 6 heteroatoms. The Bertz CT molecular complexity index is 338. The van der Waals surface area contributed by atoms with Crippen LogP contribution in [0.2, 0.25) is 0 Å². The molecular weight excluding hydrogens is 316 g/mol. The lowest BCUT2D eigenvalue weighted by Gasteiger charge is -2.35. The molecule has 1 aliphatic rings. The number of halogens is 1. The predicted octanol–water partition coefficient (Wildman–Crippen LogP) is 2.46. The number of rotatable bonds is 6. The summed E-state index contributed by atoms with van der Waals surface area (Å²) in [7, 11) is -3.27. The van der Waals surface area contributed by atoms with Gasteiger partial charge in [-0.2, -0.15) is 17.0 Å². The SMILES string of the molecule is CC1CCN(S(=O)(=O)N(CCCBr)C(C)C)CC1. The summed E-state index contributed by atoms with van der Waals surface area (Å²) in [6.07, 6.45) is 2.80. The lowest BCUT2D eigenvalue weighted by molar-refractivity contribution is 0.252. The average Bonchev–Trinajstić information content (AvgIpc) is 2.29. The van der Waals surface area contributed by atoms with E-state index in [0.29, 0.717) is 25.6 Å². The summed E-state index contributed by atoms with van der Waals surface area (Å²) >= 11 is 3.36. The van der Waals surface area contributed by atoms with Crippen molar-refractivity contribution in [2.45, 2.75) is 46.1 Å². The van der Waals surface area contributed by atoms with Crippen LogP contribution in [0.3, 0.4) is 0 Å². The minimum atomic E-state index is -3.27. The topological polar surface area (TPSA) is 40.6 Å². The van der Waals surface area contributed by atoms with Gasteiger partial charge in [-0.3, -0.25) is 0 Å². The highest BCUT2D eigenvalue weighted by atomic mass is 79.9. The molecule has 0 amide bonds. The van der Waals surface area contributed by atoms with Crippen LogP contribution in [-0.2, 0) is 10.2 Å². The van der Waals surface area contributed by atoms with Gasteiger partial charge in [0.1, 0.15) is 0 Å². The number of alkyl halides is 1. The van der Waals surface area contributed by atoms with Gasteiger partial charge in [0.2, 0.25) is 0 Å². The molecule has 1 saturated heterocycles. The molecule has 1 heterocycles. The first-order chi connectivity index (χ1) is 8.39. The zero-order valence-electron chi connectivity index (χ0n) is 11.6. The van der Waals surface area contributed by atoms with E-state index in [9.17, 15) is 8.42 Å². The largest absolute Gasteiger partial charge is 0.282 e. The highest BCUT2D eigenvalue weighted by Crippen LogP contribution is 2.22. The van der Waals surface area contributed by atoms with Gasteiger partial charge in [0.15, 0.2) is 0 Å².